The molecule has 0 aliphatic carbocycles. The summed E-state index contributed by atoms with van der Waals surface area (Å²) in [5.41, 5.74) is 6.14. The van der Waals surface area contributed by atoms with E-state index < -0.39 is 0 Å². The molecule has 0 unspecified atom stereocenters. The van der Waals surface area contributed by atoms with Crippen LogP contribution < -0.4 is 21.1 Å². The molecule has 94 valence electrons. The van der Waals surface area contributed by atoms with Crippen molar-refractivity contribution in [3.05, 3.63) is 24.3 Å². The van der Waals surface area contributed by atoms with E-state index in [-0.39, 0.29) is 12.5 Å². The Morgan fingerprint density at radius 3 is 2.88 bits per heavy atom. The van der Waals surface area contributed by atoms with Crippen LogP contribution in [0.5, 0.6) is 5.75 Å². The Bertz CT molecular complexity index is 355. The van der Waals surface area contributed by atoms with Crippen LogP contribution in [-0.2, 0) is 4.79 Å². The number of anilines is 1. The second kappa shape index (κ2) is 7.51. The molecule has 0 fully saturated rings. The van der Waals surface area contributed by atoms with Crippen molar-refractivity contribution in [3.8, 4) is 5.75 Å². The van der Waals surface area contributed by atoms with E-state index in [2.05, 4.69) is 10.6 Å². The minimum Gasteiger partial charge on any atom is -0.495 e. The summed E-state index contributed by atoms with van der Waals surface area (Å²) in [6.07, 6.45) is 0.792. The normalized spacial score (nSPS) is 9.76. The Hall–Kier alpha value is -1.75. The molecule has 5 heteroatoms. The number of carbonyl (C=O) groups excluding carboxylic acids is 1. The number of methoxy groups -OCH3 is 1. The molecule has 1 amide bonds. The van der Waals surface area contributed by atoms with Crippen LogP contribution in [0.2, 0.25) is 0 Å². The van der Waals surface area contributed by atoms with Crippen molar-refractivity contribution < 1.29 is 9.53 Å². The standard InChI is InChI=1S/C12H19N3O2/c1-17-11-6-3-2-5-10(11)15-9-12(16)14-8-4-7-13/h2-3,5-6,15H,4,7-9,13H2,1H3,(H,14,16). The minimum atomic E-state index is -0.0515. The molecule has 0 bridgehead atoms. The van der Waals surface area contributed by atoms with E-state index >= 15 is 0 Å². The van der Waals surface area contributed by atoms with E-state index in [0.29, 0.717) is 13.1 Å². The highest BCUT2D eigenvalue weighted by atomic mass is 16.5. The first-order valence-electron chi connectivity index (χ1n) is 5.61. The van der Waals surface area contributed by atoms with Gasteiger partial charge in [-0.15, -0.1) is 0 Å². The first-order chi connectivity index (χ1) is 8.27. The van der Waals surface area contributed by atoms with Crippen LogP contribution in [0.1, 0.15) is 6.42 Å². The Morgan fingerprint density at radius 2 is 2.18 bits per heavy atom. The van der Waals surface area contributed by atoms with Crippen LogP contribution in [0.3, 0.4) is 0 Å². The maximum Gasteiger partial charge on any atom is 0.239 e. The van der Waals surface area contributed by atoms with E-state index in [1.807, 2.05) is 24.3 Å². The van der Waals surface area contributed by atoms with Gasteiger partial charge in [-0.2, -0.15) is 0 Å². The molecule has 4 N–H and O–H groups in total. The zero-order valence-electron chi connectivity index (χ0n) is 10.0. The molecule has 0 aliphatic heterocycles. The summed E-state index contributed by atoms with van der Waals surface area (Å²) in [6.45, 7) is 1.42. The molecule has 0 spiro atoms. The highest BCUT2D eigenvalue weighted by molar-refractivity contribution is 5.81. The summed E-state index contributed by atoms with van der Waals surface area (Å²) in [5.74, 6) is 0.673. The molecule has 0 atom stereocenters. The summed E-state index contributed by atoms with van der Waals surface area (Å²) >= 11 is 0. The van der Waals surface area contributed by atoms with Crippen molar-refractivity contribution in [1.82, 2.24) is 5.32 Å². The molecule has 0 aliphatic rings. The van der Waals surface area contributed by atoms with Gasteiger partial charge in [-0.3, -0.25) is 4.79 Å². The summed E-state index contributed by atoms with van der Waals surface area (Å²) in [7, 11) is 1.60. The fourth-order valence-corrected chi connectivity index (χ4v) is 1.36. The van der Waals surface area contributed by atoms with Gasteiger partial charge in [0.15, 0.2) is 0 Å². The fourth-order valence-electron chi connectivity index (χ4n) is 1.36. The van der Waals surface area contributed by atoms with E-state index in [4.69, 9.17) is 10.5 Å². The number of rotatable bonds is 7. The van der Waals surface area contributed by atoms with Crippen molar-refractivity contribution in [2.45, 2.75) is 6.42 Å². The number of nitrogens with one attached hydrogen (secondary N) is 2. The SMILES string of the molecule is COc1ccccc1NCC(=O)NCCCN. The Kier molecular flexibility index (Phi) is 5.88. The number of carbonyl (C=O) groups is 1. The molecular weight excluding hydrogens is 218 g/mol. The van der Waals surface area contributed by atoms with Crippen molar-refractivity contribution >= 4 is 11.6 Å². The zero-order valence-corrected chi connectivity index (χ0v) is 10.0. The van der Waals surface area contributed by atoms with E-state index in [9.17, 15) is 4.79 Å². The van der Waals surface area contributed by atoms with Crippen LogP contribution in [0, 0.1) is 0 Å². The van der Waals surface area contributed by atoms with E-state index in [0.717, 1.165) is 17.9 Å². The van der Waals surface area contributed by atoms with Crippen LogP contribution in [-0.4, -0.2) is 32.7 Å². The second-order valence-corrected chi connectivity index (χ2v) is 3.55. The largest absolute Gasteiger partial charge is 0.495 e. The van der Waals surface area contributed by atoms with E-state index in [1.54, 1.807) is 7.11 Å². The number of para-hydroxylation sites is 2. The Labute approximate surface area is 101 Å². The van der Waals surface area contributed by atoms with Gasteiger partial charge in [0.2, 0.25) is 5.91 Å². The minimum absolute atomic E-state index is 0.0515. The topological polar surface area (TPSA) is 76.4 Å². The van der Waals surface area contributed by atoms with Crippen LogP contribution >= 0.6 is 0 Å². The molecule has 1 aromatic carbocycles. The molecule has 1 rings (SSSR count). The molecule has 0 heterocycles. The van der Waals surface area contributed by atoms with Gasteiger partial charge in [-0.05, 0) is 25.1 Å². The molecule has 17 heavy (non-hydrogen) atoms. The lowest BCUT2D eigenvalue weighted by molar-refractivity contribution is -0.119. The smallest absolute Gasteiger partial charge is 0.239 e. The van der Waals surface area contributed by atoms with Gasteiger partial charge in [0, 0.05) is 6.54 Å². The summed E-state index contributed by atoms with van der Waals surface area (Å²) in [5, 5.41) is 5.79. The second-order valence-electron chi connectivity index (χ2n) is 3.55. The van der Waals surface area contributed by atoms with Crippen LogP contribution in [0.25, 0.3) is 0 Å². The molecule has 5 nitrogen and oxygen atoms in total. The summed E-state index contributed by atoms with van der Waals surface area (Å²) in [4.78, 5) is 11.4. The molecule has 0 saturated carbocycles. The van der Waals surface area contributed by atoms with E-state index in [1.165, 1.54) is 0 Å². The highest BCUT2D eigenvalue weighted by Crippen LogP contribution is 2.22. The first kappa shape index (κ1) is 13.3. The molecule has 0 radical (unpaired) electrons. The summed E-state index contributed by atoms with van der Waals surface area (Å²) < 4.78 is 5.17. The Morgan fingerprint density at radius 1 is 1.41 bits per heavy atom. The number of nitrogens with two attached hydrogens (primary N) is 1. The predicted molar refractivity (Wildman–Crippen MR) is 68.2 cm³/mol. The quantitative estimate of drug-likeness (QED) is 0.606. The van der Waals surface area contributed by atoms with Crippen molar-refractivity contribution in [3.63, 3.8) is 0 Å². The van der Waals surface area contributed by atoms with Crippen LogP contribution in [0.4, 0.5) is 5.69 Å². The predicted octanol–water partition coefficient (Wildman–Crippen LogP) is 0.572. The molecule has 1 aromatic rings. The number of benzene rings is 1. The maximum absolute atomic E-state index is 11.4. The number of ether oxygens (including phenoxy) is 1. The van der Waals surface area contributed by atoms with Gasteiger partial charge in [0.05, 0.1) is 19.3 Å². The average molecular weight is 237 g/mol. The van der Waals surface area contributed by atoms with Gasteiger partial charge in [-0.1, -0.05) is 12.1 Å². The monoisotopic (exact) mass is 237 g/mol. The van der Waals surface area contributed by atoms with Gasteiger partial charge in [-0.25, -0.2) is 0 Å². The molecule has 0 aromatic heterocycles. The lowest BCUT2D eigenvalue weighted by atomic mass is 10.3. The lowest BCUT2D eigenvalue weighted by Crippen LogP contribution is -2.31. The zero-order chi connectivity index (χ0) is 12.5. The third-order valence-electron chi connectivity index (χ3n) is 2.25. The summed E-state index contributed by atoms with van der Waals surface area (Å²) in [6, 6.07) is 7.48. The highest BCUT2D eigenvalue weighted by Gasteiger charge is 2.03. The third kappa shape index (κ3) is 4.74. The molecular formula is C12H19N3O2. The van der Waals surface area contributed by atoms with Gasteiger partial charge in [0.25, 0.3) is 0 Å². The van der Waals surface area contributed by atoms with Crippen molar-refractivity contribution in [1.29, 1.82) is 0 Å². The number of hydrogen-bond acceptors (Lipinski definition) is 4. The van der Waals surface area contributed by atoms with Crippen molar-refractivity contribution in [2.24, 2.45) is 5.73 Å². The van der Waals surface area contributed by atoms with Gasteiger partial charge >= 0.3 is 0 Å². The number of hydrogen-bond donors (Lipinski definition) is 3. The molecule has 0 saturated heterocycles. The average Bonchev–Trinajstić information content (AvgIpc) is 2.37. The number of amides is 1. The van der Waals surface area contributed by atoms with Crippen molar-refractivity contribution in [2.75, 3.05) is 32.1 Å². The van der Waals surface area contributed by atoms with Gasteiger partial charge in [0.1, 0.15) is 5.75 Å². The Balaban J connectivity index is 2.36. The third-order valence-corrected chi connectivity index (χ3v) is 2.25. The maximum atomic E-state index is 11.4. The lowest BCUT2D eigenvalue weighted by Gasteiger charge is -2.10. The van der Waals surface area contributed by atoms with Gasteiger partial charge < -0.3 is 21.1 Å². The first-order valence-corrected chi connectivity index (χ1v) is 5.61. The van der Waals surface area contributed by atoms with Crippen LogP contribution in [0.15, 0.2) is 24.3 Å². The fraction of sp³-hybridized carbons (Fsp3) is 0.417.